The molecule has 0 aliphatic rings. The van der Waals surface area contributed by atoms with Crippen molar-refractivity contribution in [3.05, 3.63) is 73.2 Å². The minimum absolute atomic E-state index is 0.329. The van der Waals surface area contributed by atoms with Gasteiger partial charge in [-0.25, -0.2) is 19.3 Å². The van der Waals surface area contributed by atoms with Crippen LogP contribution in [0.2, 0.25) is 0 Å². The van der Waals surface area contributed by atoms with Crippen LogP contribution in [0.1, 0.15) is 0 Å². The molecular formula is C18H11FN6. The number of halogens is 1. The molecule has 0 unspecified atom stereocenters. The molecule has 0 aliphatic heterocycles. The van der Waals surface area contributed by atoms with Crippen LogP contribution in [-0.4, -0.2) is 29.1 Å². The number of rotatable bonds is 2. The first-order valence-corrected chi connectivity index (χ1v) is 7.68. The van der Waals surface area contributed by atoms with Crippen LogP contribution in [0.3, 0.4) is 0 Å². The molecule has 0 fully saturated rings. The first-order chi connectivity index (χ1) is 12.3. The maximum absolute atomic E-state index is 13.6. The van der Waals surface area contributed by atoms with E-state index in [1.54, 1.807) is 29.5 Å². The molecule has 0 saturated carbocycles. The summed E-state index contributed by atoms with van der Waals surface area (Å²) in [4.78, 5) is 17.6. The third kappa shape index (κ3) is 2.17. The molecule has 0 bridgehead atoms. The summed E-state index contributed by atoms with van der Waals surface area (Å²) in [5, 5.41) is 0. The topological polar surface area (TPSA) is 61.4 Å². The van der Waals surface area contributed by atoms with Gasteiger partial charge in [-0.2, -0.15) is 4.98 Å². The molecule has 0 saturated heterocycles. The summed E-state index contributed by atoms with van der Waals surface area (Å²) in [6.07, 6.45) is 4.96. The minimum atomic E-state index is -0.329. The van der Waals surface area contributed by atoms with Crippen LogP contribution in [0.4, 0.5) is 4.39 Å². The molecule has 0 aliphatic carbocycles. The van der Waals surface area contributed by atoms with Gasteiger partial charge in [0.15, 0.2) is 5.65 Å². The second-order valence-corrected chi connectivity index (χ2v) is 5.58. The Labute approximate surface area is 141 Å². The van der Waals surface area contributed by atoms with Gasteiger partial charge < -0.3 is 0 Å². The van der Waals surface area contributed by atoms with Crippen LogP contribution in [-0.2, 0) is 0 Å². The Bertz CT molecular complexity index is 1210. The zero-order chi connectivity index (χ0) is 16.8. The molecule has 6 nitrogen and oxygen atoms in total. The van der Waals surface area contributed by atoms with Crippen molar-refractivity contribution in [1.29, 1.82) is 0 Å². The summed E-state index contributed by atoms with van der Waals surface area (Å²) in [6, 6.07) is 14.3. The van der Waals surface area contributed by atoms with Crippen LogP contribution in [0, 0.1) is 5.82 Å². The highest BCUT2D eigenvalue weighted by atomic mass is 19.1. The van der Waals surface area contributed by atoms with Gasteiger partial charge in [-0.1, -0.05) is 18.2 Å². The fraction of sp³-hybridized carbons (Fsp3) is 0. The van der Waals surface area contributed by atoms with E-state index in [0.29, 0.717) is 28.1 Å². The van der Waals surface area contributed by atoms with Crippen molar-refractivity contribution in [1.82, 2.24) is 29.1 Å². The smallest absolute Gasteiger partial charge is 0.237 e. The molecule has 25 heavy (non-hydrogen) atoms. The lowest BCUT2D eigenvalue weighted by Gasteiger charge is -2.05. The van der Waals surface area contributed by atoms with E-state index in [4.69, 9.17) is 0 Å². The van der Waals surface area contributed by atoms with Crippen molar-refractivity contribution in [3.8, 4) is 11.6 Å². The van der Waals surface area contributed by atoms with Crippen molar-refractivity contribution in [2.75, 3.05) is 0 Å². The Morgan fingerprint density at radius 3 is 2.48 bits per heavy atom. The summed E-state index contributed by atoms with van der Waals surface area (Å²) in [6.45, 7) is 0. The Morgan fingerprint density at radius 1 is 0.800 bits per heavy atom. The minimum Gasteiger partial charge on any atom is -0.283 e. The van der Waals surface area contributed by atoms with Gasteiger partial charge in [-0.15, -0.1) is 0 Å². The van der Waals surface area contributed by atoms with Gasteiger partial charge in [0, 0.05) is 11.8 Å². The molecular weight excluding hydrogens is 319 g/mol. The van der Waals surface area contributed by atoms with Crippen LogP contribution in [0.5, 0.6) is 0 Å². The van der Waals surface area contributed by atoms with E-state index in [-0.39, 0.29) is 5.82 Å². The number of nitrogens with zero attached hydrogens (tertiary/aromatic N) is 6. The summed E-state index contributed by atoms with van der Waals surface area (Å²) in [7, 11) is 0. The number of para-hydroxylation sites is 1. The lowest BCUT2D eigenvalue weighted by molar-refractivity contribution is 0.629. The van der Waals surface area contributed by atoms with E-state index in [1.807, 2.05) is 34.9 Å². The quantitative estimate of drug-likeness (QED) is 0.498. The number of hydrogen-bond donors (Lipinski definition) is 0. The van der Waals surface area contributed by atoms with Gasteiger partial charge in [-0.3, -0.25) is 9.13 Å². The van der Waals surface area contributed by atoms with Crippen molar-refractivity contribution in [2.24, 2.45) is 0 Å². The largest absolute Gasteiger partial charge is 0.283 e. The monoisotopic (exact) mass is 330 g/mol. The van der Waals surface area contributed by atoms with E-state index in [0.717, 1.165) is 5.69 Å². The second kappa shape index (κ2) is 5.20. The van der Waals surface area contributed by atoms with E-state index in [1.165, 1.54) is 12.1 Å². The van der Waals surface area contributed by atoms with Gasteiger partial charge in [0.25, 0.3) is 0 Å². The number of imidazole rings is 2. The van der Waals surface area contributed by atoms with E-state index >= 15 is 0 Å². The number of benzene rings is 2. The molecule has 5 rings (SSSR count). The highest BCUT2D eigenvalue weighted by molar-refractivity contribution is 5.78. The van der Waals surface area contributed by atoms with Gasteiger partial charge in [0.2, 0.25) is 5.95 Å². The van der Waals surface area contributed by atoms with Crippen molar-refractivity contribution >= 4 is 22.2 Å². The summed E-state index contributed by atoms with van der Waals surface area (Å²) in [5.41, 5.74) is 3.61. The molecule has 120 valence electrons. The van der Waals surface area contributed by atoms with Crippen LogP contribution >= 0.6 is 0 Å². The highest BCUT2D eigenvalue weighted by Crippen LogP contribution is 2.20. The Balaban J connectivity index is 1.73. The molecule has 0 amide bonds. The van der Waals surface area contributed by atoms with Crippen molar-refractivity contribution in [2.45, 2.75) is 0 Å². The van der Waals surface area contributed by atoms with Crippen LogP contribution < -0.4 is 0 Å². The van der Waals surface area contributed by atoms with Crippen molar-refractivity contribution < 1.29 is 4.39 Å². The first kappa shape index (κ1) is 13.8. The maximum atomic E-state index is 13.6. The normalized spacial score (nSPS) is 11.4. The van der Waals surface area contributed by atoms with Crippen molar-refractivity contribution in [3.63, 3.8) is 0 Å². The Kier molecular flexibility index (Phi) is 2.87. The Hall–Kier alpha value is -3.61. The lowest BCUT2D eigenvalue weighted by atomic mass is 10.3. The van der Waals surface area contributed by atoms with E-state index in [2.05, 4.69) is 19.9 Å². The van der Waals surface area contributed by atoms with Gasteiger partial charge in [0.05, 0.1) is 17.2 Å². The molecule has 3 aromatic heterocycles. The summed E-state index contributed by atoms with van der Waals surface area (Å²) < 4.78 is 17.2. The van der Waals surface area contributed by atoms with Crippen LogP contribution in [0.15, 0.2) is 67.4 Å². The molecule has 5 aromatic rings. The molecule has 0 atom stereocenters. The lowest BCUT2D eigenvalue weighted by Crippen LogP contribution is -2.02. The second-order valence-electron chi connectivity index (χ2n) is 5.58. The number of fused-ring (bicyclic) bond motifs is 2. The fourth-order valence-corrected chi connectivity index (χ4v) is 2.83. The molecule has 7 heteroatoms. The maximum Gasteiger partial charge on any atom is 0.237 e. The molecule has 0 radical (unpaired) electrons. The SMILES string of the molecule is Fc1ccc2ncn(-c3ncc4ncn(-c5ccccc5)c4n3)c2c1. The fourth-order valence-electron chi connectivity index (χ4n) is 2.83. The first-order valence-electron chi connectivity index (χ1n) is 7.68. The standard InChI is InChI=1S/C18H11FN6/c19-12-6-7-14-16(8-12)25(11-21-14)18-20-9-15-17(23-18)24(10-22-15)13-4-2-1-3-5-13/h1-11H. The number of aromatic nitrogens is 6. The van der Waals surface area contributed by atoms with E-state index in [9.17, 15) is 4.39 Å². The van der Waals surface area contributed by atoms with E-state index < -0.39 is 0 Å². The van der Waals surface area contributed by atoms with Gasteiger partial charge >= 0.3 is 0 Å². The zero-order valence-electron chi connectivity index (χ0n) is 12.9. The average molecular weight is 330 g/mol. The zero-order valence-corrected chi connectivity index (χ0v) is 12.9. The third-order valence-electron chi connectivity index (χ3n) is 4.04. The average Bonchev–Trinajstić information content (AvgIpc) is 3.25. The van der Waals surface area contributed by atoms with Gasteiger partial charge in [-0.05, 0) is 24.3 Å². The molecule has 2 aromatic carbocycles. The third-order valence-corrected chi connectivity index (χ3v) is 4.04. The van der Waals surface area contributed by atoms with Crippen LogP contribution in [0.25, 0.3) is 33.8 Å². The Morgan fingerprint density at radius 2 is 1.60 bits per heavy atom. The highest BCUT2D eigenvalue weighted by Gasteiger charge is 2.12. The molecule has 3 heterocycles. The molecule has 0 N–H and O–H groups in total. The summed E-state index contributed by atoms with van der Waals surface area (Å²) in [5.74, 6) is 0.0861. The number of hydrogen-bond acceptors (Lipinski definition) is 4. The predicted molar refractivity (Wildman–Crippen MR) is 91.2 cm³/mol. The molecule has 0 spiro atoms. The summed E-state index contributed by atoms with van der Waals surface area (Å²) >= 11 is 0. The predicted octanol–water partition coefficient (Wildman–Crippen LogP) is 3.29. The van der Waals surface area contributed by atoms with Gasteiger partial charge in [0.1, 0.15) is 24.0 Å².